The summed E-state index contributed by atoms with van der Waals surface area (Å²) >= 11 is 0. The summed E-state index contributed by atoms with van der Waals surface area (Å²) in [4.78, 5) is 12.0. The van der Waals surface area contributed by atoms with Gasteiger partial charge < -0.3 is 14.8 Å². The summed E-state index contributed by atoms with van der Waals surface area (Å²) in [5.41, 5.74) is 0. The average molecular weight is 265 g/mol. The van der Waals surface area contributed by atoms with E-state index < -0.39 is 6.10 Å². The van der Waals surface area contributed by atoms with Crippen molar-refractivity contribution in [1.82, 2.24) is 5.32 Å². The number of para-hydroxylation sites is 2. The maximum Gasteiger partial charge on any atom is 0.261 e. The third-order valence-corrected chi connectivity index (χ3v) is 2.83. The molecule has 0 aliphatic carbocycles. The number of ether oxygens (including phenoxy) is 2. The van der Waals surface area contributed by atoms with Crippen LogP contribution in [0.5, 0.6) is 11.5 Å². The molecular formula is C15H23NO3. The van der Waals surface area contributed by atoms with E-state index in [-0.39, 0.29) is 5.91 Å². The lowest BCUT2D eigenvalue weighted by molar-refractivity contribution is -0.128. The number of hydrogen-bond acceptors (Lipinski definition) is 3. The number of unbranched alkanes of at least 4 members (excludes halogenated alkanes) is 1. The Balaban J connectivity index is 2.62. The lowest BCUT2D eigenvalue weighted by Crippen LogP contribution is -2.38. The summed E-state index contributed by atoms with van der Waals surface area (Å²) in [7, 11) is 1.59. The van der Waals surface area contributed by atoms with E-state index >= 15 is 0 Å². The van der Waals surface area contributed by atoms with Gasteiger partial charge in [-0.3, -0.25) is 4.79 Å². The third-order valence-electron chi connectivity index (χ3n) is 2.83. The first-order valence-electron chi connectivity index (χ1n) is 6.80. The lowest BCUT2D eigenvalue weighted by atomic mass is 10.2. The van der Waals surface area contributed by atoms with Crippen molar-refractivity contribution in [2.75, 3.05) is 13.7 Å². The van der Waals surface area contributed by atoms with E-state index in [1.54, 1.807) is 13.2 Å². The maximum atomic E-state index is 12.0. The minimum atomic E-state index is -0.479. The van der Waals surface area contributed by atoms with Gasteiger partial charge >= 0.3 is 0 Å². The average Bonchev–Trinajstić information content (AvgIpc) is 2.45. The van der Waals surface area contributed by atoms with E-state index in [4.69, 9.17) is 9.47 Å². The van der Waals surface area contributed by atoms with E-state index in [1.165, 1.54) is 0 Å². The second kappa shape index (κ2) is 8.40. The SMILES string of the molecule is CCCCNC(=O)[C@@H](CC)Oc1ccccc1OC. The number of amides is 1. The predicted octanol–water partition coefficient (Wildman–Crippen LogP) is 2.77. The van der Waals surface area contributed by atoms with E-state index in [0.717, 1.165) is 12.8 Å². The Morgan fingerprint density at radius 3 is 2.53 bits per heavy atom. The zero-order valence-corrected chi connectivity index (χ0v) is 11.9. The molecule has 1 aromatic rings. The summed E-state index contributed by atoms with van der Waals surface area (Å²) < 4.78 is 11.0. The van der Waals surface area contributed by atoms with Gasteiger partial charge in [-0.25, -0.2) is 0 Å². The Bertz CT molecular complexity index is 393. The quantitative estimate of drug-likeness (QED) is 0.735. The van der Waals surface area contributed by atoms with Crippen molar-refractivity contribution < 1.29 is 14.3 Å². The number of hydrogen-bond donors (Lipinski definition) is 1. The molecule has 4 nitrogen and oxygen atoms in total. The van der Waals surface area contributed by atoms with Crippen LogP contribution in [0.1, 0.15) is 33.1 Å². The number of carbonyl (C=O) groups is 1. The van der Waals surface area contributed by atoms with Crippen molar-refractivity contribution in [2.24, 2.45) is 0 Å². The summed E-state index contributed by atoms with van der Waals surface area (Å²) in [6.07, 6.45) is 2.19. The third kappa shape index (κ3) is 4.81. The molecule has 0 fully saturated rings. The summed E-state index contributed by atoms with van der Waals surface area (Å²) in [5, 5.41) is 2.89. The van der Waals surface area contributed by atoms with E-state index in [2.05, 4.69) is 12.2 Å². The Morgan fingerprint density at radius 2 is 1.95 bits per heavy atom. The Labute approximate surface area is 115 Å². The summed E-state index contributed by atoms with van der Waals surface area (Å²) in [6, 6.07) is 7.35. The van der Waals surface area contributed by atoms with Gasteiger partial charge in [-0.1, -0.05) is 32.4 Å². The van der Waals surface area contributed by atoms with Gasteiger partial charge in [0.1, 0.15) is 0 Å². The van der Waals surface area contributed by atoms with Crippen LogP contribution in [0.15, 0.2) is 24.3 Å². The van der Waals surface area contributed by atoms with Crippen LogP contribution in [0.2, 0.25) is 0 Å². The number of benzene rings is 1. The topological polar surface area (TPSA) is 47.6 Å². The van der Waals surface area contributed by atoms with Crippen LogP contribution < -0.4 is 14.8 Å². The molecule has 0 unspecified atom stereocenters. The zero-order chi connectivity index (χ0) is 14.1. The molecule has 1 atom stereocenters. The van der Waals surface area contributed by atoms with Crippen LogP contribution in [0.4, 0.5) is 0 Å². The van der Waals surface area contributed by atoms with Crippen molar-refractivity contribution in [3.63, 3.8) is 0 Å². The highest BCUT2D eigenvalue weighted by atomic mass is 16.5. The fraction of sp³-hybridized carbons (Fsp3) is 0.533. The van der Waals surface area contributed by atoms with Gasteiger partial charge in [-0.15, -0.1) is 0 Å². The molecular weight excluding hydrogens is 242 g/mol. The van der Waals surface area contributed by atoms with Gasteiger partial charge in [-0.05, 0) is 25.0 Å². The van der Waals surface area contributed by atoms with E-state index in [1.807, 2.05) is 25.1 Å². The summed E-state index contributed by atoms with van der Waals surface area (Å²) in [6.45, 7) is 4.72. The Hall–Kier alpha value is -1.71. The first-order chi connectivity index (χ1) is 9.22. The van der Waals surface area contributed by atoms with Crippen LogP contribution in [0.3, 0.4) is 0 Å². The standard InChI is InChI=1S/C15H23NO3/c1-4-6-11-16-15(17)12(5-2)19-14-10-8-7-9-13(14)18-3/h7-10,12H,4-6,11H2,1-3H3,(H,16,17)/t12-/m1/s1. The maximum absolute atomic E-state index is 12.0. The highest BCUT2D eigenvalue weighted by Gasteiger charge is 2.19. The van der Waals surface area contributed by atoms with Crippen molar-refractivity contribution in [1.29, 1.82) is 0 Å². The molecule has 0 radical (unpaired) electrons. The molecule has 0 spiro atoms. The van der Waals surface area contributed by atoms with Crippen LogP contribution in [-0.4, -0.2) is 25.7 Å². The van der Waals surface area contributed by atoms with E-state index in [9.17, 15) is 4.79 Å². The largest absolute Gasteiger partial charge is 0.493 e. The minimum absolute atomic E-state index is 0.0677. The molecule has 1 rings (SSSR count). The molecule has 0 saturated carbocycles. The molecule has 0 bridgehead atoms. The van der Waals surface area contributed by atoms with Crippen molar-refractivity contribution in [3.8, 4) is 11.5 Å². The monoisotopic (exact) mass is 265 g/mol. The number of carbonyl (C=O) groups excluding carboxylic acids is 1. The Morgan fingerprint density at radius 1 is 1.26 bits per heavy atom. The van der Waals surface area contributed by atoms with Crippen LogP contribution in [0.25, 0.3) is 0 Å². The van der Waals surface area contributed by atoms with Crippen molar-refractivity contribution >= 4 is 5.91 Å². The predicted molar refractivity (Wildman–Crippen MR) is 75.6 cm³/mol. The van der Waals surface area contributed by atoms with Crippen LogP contribution in [-0.2, 0) is 4.79 Å². The first-order valence-corrected chi connectivity index (χ1v) is 6.80. The fourth-order valence-corrected chi connectivity index (χ4v) is 1.69. The van der Waals surface area contributed by atoms with Gasteiger partial charge in [0.05, 0.1) is 7.11 Å². The Kier molecular flexibility index (Phi) is 6.79. The van der Waals surface area contributed by atoms with Gasteiger partial charge in [-0.2, -0.15) is 0 Å². The molecule has 0 aliphatic heterocycles. The van der Waals surface area contributed by atoms with Gasteiger partial charge in [0.25, 0.3) is 5.91 Å². The molecule has 0 heterocycles. The minimum Gasteiger partial charge on any atom is -0.493 e. The lowest BCUT2D eigenvalue weighted by Gasteiger charge is -2.18. The van der Waals surface area contributed by atoms with Crippen molar-refractivity contribution in [2.45, 2.75) is 39.2 Å². The molecule has 0 aromatic heterocycles. The number of nitrogens with one attached hydrogen (secondary N) is 1. The molecule has 1 aromatic carbocycles. The fourth-order valence-electron chi connectivity index (χ4n) is 1.69. The van der Waals surface area contributed by atoms with Gasteiger partial charge in [0.2, 0.25) is 0 Å². The zero-order valence-electron chi connectivity index (χ0n) is 11.9. The van der Waals surface area contributed by atoms with Gasteiger partial charge in [0.15, 0.2) is 17.6 Å². The molecule has 0 saturated heterocycles. The smallest absolute Gasteiger partial charge is 0.261 e. The highest BCUT2D eigenvalue weighted by molar-refractivity contribution is 5.81. The normalized spacial score (nSPS) is 11.7. The second-order valence-corrected chi connectivity index (χ2v) is 4.31. The first kappa shape index (κ1) is 15.3. The molecule has 0 aliphatic rings. The van der Waals surface area contributed by atoms with E-state index in [0.29, 0.717) is 24.5 Å². The molecule has 106 valence electrons. The van der Waals surface area contributed by atoms with Crippen molar-refractivity contribution in [3.05, 3.63) is 24.3 Å². The highest BCUT2D eigenvalue weighted by Crippen LogP contribution is 2.27. The summed E-state index contributed by atoms with van der Waals surface area (Å²) in [5.74, 6) is 1.17. The molecule has 1 N–H and O–H groups in total. The van der Waals surface area contributed by atoms with Crippen LogP contribution >= 0.6 is 0 Å². The molecule has 1 amide bonds. The second-order valence-electron chi connectivity index (χ2n) is 4.31. The molecule has 19 heavy (non-hydrogen) atoms. The van der Waals surface area contributed by atoms with Crippen LogP contribution in [0, 0.1) is 0 Å². The number of methoxy groups -OCH3 is 1. The van der Waals surface area contributed by atoms with Gasteiger partial charge in [0, 0.05) is 6.54 Å². The molecule has 4 heteroatoms. The number of rotatable bonds is 8.